The van der Waals surface area contributed by atoms with Crippen LogP contribution in [0.4, 0.5) is 5.69 Å². The van der Waals surface area contributed by atoms with Crippen molar-refractivity contribution in [1.29, 1.82) is 0 Å². The third-order valence-corrected chi connectivity index (χ3v) is 6.57. The van der Waals surface area contributed by atoms with E-state index in [9.17, 15) is 18.0 Å². The van der Waals surface area contributed by atoms with E-state index >= 15 is 0 Å². The summed E-state index contributed by atoms with van der Waals surface area (Å²) in [6.07, 6.45) is 0. The van der Waals surface area contributed by atoms with Crippen molar-refractivity contribution < 1.29 is 22.7 Å². The Morgan fingerprint density at radius 1 is 1.00 bits per heavy atom. The molecule has 0 aliphatic carbocycles. The van der Waals surface area contributed by atoms with Crippen LogP contribution in [0, 0.1) is 0 Å². The van der Waals surface area contributed by atoms with Gasteiger partial charge in [0.2, 0.25) is 15.9 Å². The fourth-order valence-corrected chi connectivity index (χ4v) is 4.12. The van der Waals surface area contributed by atoms with Gasteiger partial charge in [-0.1, -0.05) is 41.9 Å². The highest BCUT2D eigenvalue weighted by Gasteiger charge is 2.23. The topological polar surface area (TPSA) is 92.8 Å². The van der Waals surface area contributed by atoms with E-state index in [-0.39, 0.29) is 10.7 Å². The van der Waals surface area contributed by atoms with E-state index in [1.165, 1.54) is 44.3 Å². The monoisotopic (exact) mass is 472 g/mol. The number of ether oxygens (including phenoxy) is 1. The van der Waals surface area contributed by atoms with E-state index in [0.29, 0.717) is 27.8 Å². The number of sulfonamides is 1. The van der Waals surface area contributed by atoms with Crippen LogP contribution in [0.25, 0.3) is 0 Å². The SMILES string of the molecule is CC(=O)c1ccc(S(=O)(=O)N(C)CC(=O)Nc2cc(Cl)ccc2Oc2ccccc2)cc1. The molecule has 0 unspecified atom stereocenters. The second-order valence-corrected chi connectivity index (χ2v) is 9.43. The number of rotatable bonds is 8. The van der Waals surface area contributed by atoms with E-state index in [0.717, 1.165) is 4.31 Å². The number of nitrogens with one attached hydrogen (secondary N) is 1. The highest BCUT2D eigenvalue weighted by Crippen LogP contribution is 2.32. The molecule has 0 saturated heterocycles. The zero-order chi connectivity index (χ0) is 23.3. The molecule has 0 aromatic heterocycles. The number of carbonyl (C=O) groups excluding carboxylic acids is 2. The van der Waals surface area contributed by atoms with Crippen molar-refractivity contribution in [3.8, 4) is 11.5 Å². The first-order valence-electron chi connectivity index (χ1n) is 9.56. The standard InChI is InChI=1S/C23H21ClN2O5S/c1-16(27)17-8-11-20(12-9-17)32(29,30)26(2)15-23(28)25-21-14-18(24)10-13-22(21)31-19-6-4-3-5-7-19/h3-14H,15H2,1-2H3,(H,25,28). The van der Waals surface area contributed by atoms with E-state index in [1.54, 1.807) is 24.3 Å². The Morgan fingerprint density at radius 3 is 2.28 bits per heavy atom. The zero-order valence-corrected chi connectivity index (χ0v) is 19.0. The lowest BCUT2D eigenvalue weighted by Crippen LogP contribution is -2.35. The summed E-state index contributed by atoms with van der Waals surface area (Å²) >= 11 is 6.06. The molecule has 166 valence electrons. The molecule has 0 fully saturated rings. The van der Waals surface area contributed by atoms with Crippen LogP contribution in [-0.4, -0.2) is 38.0 Å². The Hall–Kier alpha value is -3.20. The van der Waals surface area contributed by atoms with E-state index < -0.39 is 22.5 Å². The highest BCUT2D eigenvalue weighted by atomic mass is 35.5. The molecule has 7 nitrogen and oxygen atoms in total. The van der Waals surface area contributed by atoms with Crippen LogP contribution in [0.5, 0.6) is 11.5 Å². The zero-order valence-electron chi connectivity index (χ0n) is 17.4. The van der Waals surface area contributed by atoms with Crippen LogP contribution in [-0.2, 0) is 14.8 Å². The lowest BCUT2D eigenvalue weighted by molar-refractivity contribution is -0.116. The van der Waals surface area contributed by atoms with Gasteiger partial charge in [-0.25, -0.2) is 8.42 Å². The molecule has 0 spiro atoms. The fraction of sp³-hybridized carbons (Fsp3) is 0.130. The summed E-state index contributed by atoms with van der Waals surface area (Å²) in [5, 5.41) is 3.03. The lowest BCUT2D eigenvalue weighted by atomic mass is 10.2. The number of anilines is 1. The number of hydrogen-bond acceptors (Lipinski definition) is 5. The average molecular weight is 473 g/mol. The van der Waals surface area contributed by atoms with Gasteiger partial charge >= 0.3 is 0 Å². The maximum absolute atomic E-state index is 12.8. The molecule has 0 atom stereocenters. The summed E-state index contributed by atoms with van der Waals surface area (Å²) in [7, 11) is -2.63. The van der Waals surface area contributed by atoms with Gasteiger partial charge in [-0.15, -0.1) is 0 Å². The smallest absolute Gasteiger partial charge is 0.243 e. The van der Waals surface area contributed by atoms with E-state index in [4.69, 9.17) is 16.3 Å². The van der Waals surface area contributed by atoms with Crippen molar-refractivity contribution >= 4 is 39.0 Å². The third kappa shape index (κ3) is 5.73. The molecule has 0 aliphatic rings. The van der Waals surface area contributed by atoms with Crippen LogP contribution in [0.15, 0.2) is 77.7 Å². The van der Waals surface area contributed by atoms with Crippen LogP contribution < -0.4 is 10.1 Å². The number of nitrogens with zero attached hydrogens (tertiary/aromatic N) is 1. The number of halogens is 1. The third-order valence-electron chi connectivity index (χ3n) is 4.52. The maximum Gasteiger partial charge on any atom is 0.243 e. The van der Waals surface area contributed by atoms with Gasteiger partial charge in [-0.3, -0.25) is 9.59 Å². The number of carbonyl (C=O) groups is 2. The number of para-hydroxylation sites is 1. The van der Waals surface area contributed by atoms with Crippen molar-refractivity contribution in [2.45, 2.75) is 11.8 Å². The van der Waals surface area contributed by atoms with Gasteiger partial charge in [0.05, 0.1) is 17.1 Å². The number of likely N-dealkylation sites (N-methyl/N-ethyl adjacent to an activating group) is 1. The predicted molar refractivity (Wildman–Crippen MR) is 123 cm³/mol. The van der Waals surface area contributed by atoms with Crippen LogP contribution in [0.2, 0.25) is 5.02 Å². The van der Waals surface area contributed by atoms with Crippen molar-refractivity contribution in [3.63, 3.8) is 0 Å². The first-order valence-corrected chi connectivity index (χ1v) is 11.4. The van der Waals surface area contributed by atoms with Crippen molar-refractivity contribution in [2.75, 3.05) is 18.9 Å². The minimum atomic E-state index is -3.93. The summed E-state index contributed by atoms with van der Waals surface area (Å²) in [6, 6.07) is 19.3. The number of Topliss-reactive ketones (excluding diaryl/α,β-unsaturated/α-hetero) is 1. The van der Waals surface area contributed by atoms with Gasteiger partial charge in [-0.05, 0) is 49.4 Å². The van der Waals surface area contributed by atoms with Crippen molar-refractivity contribution in [3.05, 3.63) is 83.4 Å². The average Bonchev–Trinajstić information content (AvgIpc) is 2.76. The molecule has 0 saturated carbocycles. The molecule has 1 N–H and O–H groups in total. The first kappa shape index (κ1) is 23.5. The molecule has 0 radical (unpaired) electrons. The Labute approximate surface area is 191 Å². The Morgan fingerprint density at radius 2 is 1.66 bits per heavy atom. The van der Waals surface area contributed by atoms with Gasteiger partial charge < -0.3 is 10.1 Å². The van der Waals surface area contributed by atoms with Crippen molar-refractivity contribution in [1.82, 2.24) is 4.31 Å². The molecular weight excluding hydrogens is 452 g/mol. The Kier molecular flexibility index (Phi) is 7.29. The van der Waals surface area contributed by atoms with Crippen LogP contribution in [0.1, 0.15) is 17.3 Å². The first-order chi connectivity index (χ1) is 15.2. The van der Waals surface area contributed by atoms with Gasteiger partial charge in [0.15, 0.2) is 11.5 Å². The second-order valence-electron chi connectivity index (χ2n) is 6.95. The molecule has 32 heavy (non-hydrogen) atoms. The number of benzene rings is 3. The largest absolute Gasteiger partial charge is 0.455 e. The fourth-order valence-electron chi connectivity index (χ4n) is 2.82. The number of hydrogen-bond donors (Lipinski definition) is 1. The van der Waals surface area contributed by atoms with Gasteiger partial charge in [0.1, 0.15) is 5.75 Å². The molecule has 9 heteroatoms. The molecule has 3 rings (SSSR count). The highest BCUT2D eigenvalue weighted by molar-refractivity contribution is 7.89. The summed E-state index contributed by atoms with van der Waals surface area (Å²) in [5.41, 5.74) is 0.708. The minimum Gasteiger partial charge on any atom is -0.455 e. The minimum absolute atomic E-state index is 0.0198. The predicted octanol–water partition coefficient (Wildman–Crippen LogP) is 4.59. The van der Waals surface area contributed by atoms with Gasteiger partial charge in [-0.2, -0.15) is 4.31 Å². The maximum atomic E-state index is 12.8. The normalized spacial score (nSPS) is 11.2. The van der Waals surface area contributed by atoms with Gasteiger partial charge in [0, 0.05) is 17.6 Å². The lowest BCUT2D eigenvalue weighted by Gasteiger charge is -2.18. The number of amides is 1. The quantitative estimate of drug-likeness (QED) is 0.484. The van der Waals surface area contributed by atoms with Crippen LogP contribution >= 0.6 is 11.6 Å². The molecule has 1 amide bonds. The molecule has 0 bridgehead atoms. The summed E-state index contributed by atoms with van der Waals surface area (Å²) in [4.78, 5) is 24.0. The summed E-state index contributed by atoms with van der Waals surface area (Å²) < 4.78 is 32.3. The molecule has 3 aromatic rings. The Bertz CT molecular complexity index is 1230. The number of ketones is 1. The van der Waals surface area contributed by atoms with Crippen molar-refractivity contribution in [2.24, 2.45) is 0 Å². The molecular formula is C23H21ClN2O5S. The van der Waals surface area contributed by atoms with Gasteiger partial charge in [0.25, 0.3) is 0 Å². The molecule has 0 heterocycles. The Balaban J connectivity index is 1.73. The molecule has 3 aromatic carbocycles. The summed E-state index contributed by atoms with van der Waals surface area (Å²) in [5.74, 6) is 0.187. The second kappa shape index (κ2) is 9.95. The van der Waals surface area contributed by atoms with E-state index in [2.05, 4.69) is 5.32 Å². The van der Waals surface area contributed by atoms with E-state index in [1.807, 2.05) is 18.2 Å². The van der Waals surface area contributed by atoms with Crippen LogP contribution in [0.3, 0.4) is 0 Å². The molecule has 0 aliphatic heterocycles. The summed E-state index contributed by atoms with van der Waals surface area (Å²) in [6.45, 7) is 0.958.